The van der Waals surface area contributed by atoms with Crippen LogP contribution in [0, 0.1) is 0 Å². The maximum Gasteiger partial charge on any atom is 0.338 e. The first-order valence-electron chi connectivity index (χ1n) is 8.42. The number of carbonyl (C=O) groups excluding carboxylic acids is 2. The van der Waals surface area contributed by atoms with Gasteiger partial charge in [0, 0.05) is 22.2 Å². The first-order chi connectivity index (χ1) is 13.1. The number of ketones is 1. The normalized spacial score (nSPS) is 13.8. The molecule has 0 spiro atoms. The van der Waals surface area contributed by atoms with Gasteiger partial charge in [-0.05, 0) is 54.8 Å². The molecule has 6 nitrogen and oxygen atoms in total. The van der Waals surface area contributed by atoms with Gasteiger partial charge >= 0.3 is 5.97 Å². The maximum absolute atomic E-state index is 12.4. The van der Waals surface area contributed by atoms with Crippen LogP contribution in [0.15, 0.2) is 36.4 Å². The minimum absolute atomic E-state index is 0.152. The van der Waals surface area contributed by atoms with Crippen molar-refractivity contribution in [2.75, 3.05) is 23.7 Å². The molecule has 1 aliphatic rings. The lowest BCUT2D eigenvalue weighted by Gasteiger charge is -2.29. The van der Waals surface area contributed by atoms with Gasteiger partial charge in [-0.15, -0.1) is 0 Å². The highest BCUT2D eigenvalue weighted by atomic mass is 35.5. The van der Waals surface area contributed by atoms with Crippen LogP contribution in [0.3, 0.4) is 0 Å². The summed E-state index contributed by atoms with van der Waals surface area (Å²) in [6.07, 6.45) is 2.49. The number of aryl methyl sites for hydroxylation is 1. The Kier molecular flexibility index (Phi) is 5.98. The molecule has 0 radical (unpaired) electrons. The molecule has 2 aromatic rings. The van der Waals surface area contributed by atoms with Crippen molar-refractivity contribution in [2.24, 2.45) is 0 Å². The zero-order valence-corrected chi connectivity index (χ0v) is 17.3. The Morgan fingerprint density at radius 2 is 1.75 bits per heavy atom. The number of nitrogens with zero attached hydrogens (tertiary/aromatic N) is 1. The molecule has 0 N–H and O–H groups in total. The van der Waals surface area contributed by atoms with E-state index in [2.05, 4.69) is 0 Å². The van der Waals surface area contributed by atoms with E-state index < -0.39 is 22.6 Å². The number of fused-ring (bicyclic) bond motifs is 1. The van der Waals surface area contributed by atoms with Crippen LogP contribution in [-0.4, -0.2) is 39.6 Å². The predicted octanol–water partition coefficient (Wildman–Crippen LogP) is 3.75. The third kappa shape index (κ3) is 4.66. The first-order valence-corrected chi connectivity index (χ1v) is 11.0. The first kappa shape index (κ1) is 20.6. The van der Waals surface area contributed by atoms with Gasteiger partial charge in [0.05, 0.1) is 17.5 Å². The number of halogens is 2. The zero-order chi connectivity index (χ0) is 20.5. The summed E-state index contributed by atoms with van der Waals surface area (Å²) in [5, 5.41) is 0.576. The minimum Gasteiger partial charge on any atom is -0.454 e. The molecule has 1 heterocycles. The topological polar surface area (TPSA) is 80.8 Å². The summed E-state index contributed by atoms with van der Waals surface area (Å²) >= 11 is 11.7. The van der Waals surface area contributed by atoms with Crippen LogP contribution in [0.5, 0.6) is 0 Å². The molecule has 0 atom stereocenters. The average molecular weight is 442 g/mol. The summed E-state index contributed by atoms with van der Waals surface area (Å²) in [5.74, 6) is -1.10. The summed E-state index contributed by atoms with van der Waals surface area (Å²) in [5.41, 5.74) is 1.86. The largest absolute Gasteiger partial charge is 0.454 e. The Bertz CT molecular complexity index is 1030. The van der Waals surface area contributed by atoms with Crippen molar-refractivity contribution in [3.05, 3.63) is 63.1 Å². The third-order valence-corrected chi connectivity index (χ3v) is 5.93. The number of hydrogen-bond acceptors (Lipinski definition) is 5. The van der Waals surface area contributed by atoms with Crippen molar-refractivity contribution in [1.29, 1.82) is 0 Å². The molecule has 0 bridgehead atoms. The van der Waals surface area contributed by atoms with Crippen LogP contribution in [0.2, 0.25) is 10.0 Å². The highest BCUT2D eigenvalue weighted by Crippen LogP contribution is 2.30. The monoisotopic (exact) mass is 441 g/mol. The maximum atomic E-state index is 12.4. The minimum atomic E-state index is -3.37. The molecule has 0 aromatic heterocycles. The van der Waals surface area contributed by atoms with Crippen LogP contribution in [0.25, 0.3) is 0 Å². The number of anilines is 1. The molecule has 0 saturated heterocycles. The molecule has 0 unspecified atom stereocenters. The average Bonchev–Trinajstić information content (AvgIpc) is 2.63. The van der Waals surface area contributed by atoms with Crippen LogP contribution < -0.4 is 4.31 Å². The Morgan fingerprint density at radius 3 is 2.39 bits per heavy atom. The van der Waals surface area contributed by atoms with Gasteiger partial charge in [0.2, 0.25) is 10.0 Å². The Morgan fingerprint density at radius 1 is 1.07 bits per heavy atom. The van der Waals surface area contributed by atoms with E-state index in [1.165, 1.54) is 28.6 Å². The second kappa shape index (κ2) is 8.11. The Labute approximate surface area is 173 Å². The summed E-state index contributed by atoms with van der Waals surface area (Å²) in [7, 11) is -3.37. The number of Topliss-reactive ketones (excluding diaryl/α,β-unsaturated/α-hetero) is 1. The van der Waals surface area contributed by atoms with Crippen LogP contribution >= 0.6 is 23.2 Å². The fourth-order valence-electron chi connectivity index (χ4n) is 3.05. The van der Waals surface area contributed by atoms with Crippen molar-refractivity contribution in [2.45, 2.75) is 12.8 Å². The van der Waals surface area contributed by atoms with Gasteiger partial charge in [-0.1, -0.05) is 23.2 Å². The van der Waals surface area contributed by atoms with Gasteiger partial charge in [-0.2, -0.15) is 0 Å². The Balaban J connectivity index is 1.72. The summed E-state index contributed by atoms with van der Waals surface area (Å²) in [6.45, 7) is -0.0313. The molecule has 0 amide bonds. The number of ether oxygens (including phenoxy) is 1. The van der Waals surface area contributed by atoms with Crippen molar-refractivity contribution >= 4 is 50.7 Å². The Hall–Kier alpha value is -2.09. The van der Waals surface area contributed by atoms with Gasteiger partial charge in [0.25, 0.3) is 0 Å². The molecular weight excluding hydrogens is 425 g/mol. The lowest BCUT2D eigenvalue weighted by molar-refractivity contribution is 0.0474. The van der Waals surface area contributed by atoms with E-state index in [1.807, 2.05) is 0 Å². The molecule has 0 fully saturated rings. The van der Waals surface area contributed by atoms with Crippen LogP contribution in [-0.2, 0) is 21.2 Å². The van der Waals surface area contributed by atoms with Crippen molar-refractivity contribution < 1.29 is 22.7 Å². The second-order valence-corrected chi connectivity index (χ2v) is 9.22. The van der Waals surface area contributed by atoms with E-state index in [0.717, 1.165) is 11.8 Å². The molecule has 28 heavy (non-hydrogen) atoms. The van der Waals surface area contributed by atoms with E-state index in [4.69, 9.17) is 27.9 Å². The molecule has 0 aliphatic carbocycles. The number of hydrogen-bond donors (Lipinski definition) is 0. The fourth-order valence-corrected chi connectivity index (χ4v) is 4.57. The van der Waals surface area contributed by atoms with Gasteiger partial charge in [0.1, 0.15) is 0 Å². The second-order valence-electron chi connectivity index (χ2n) is 6.44. The van der Waals surface area contributed by atoms with E-state index >= 15 is 0 Å². The van der Waals surface area contributed by atoms with E-state index in [-0.39, 0.29) is 21.4 Å². The number of benzene rings is 2. The van der Waals surface area contributed by atoms with E-state index in [1.54, 1.807) is 12.1 Å². The quantitative estimate of drug-likeness (QED) is 0.521. The molecule has 148 valence electrons. The summed E-state index contributed by atoms with van der Waals surface area (Å²) in [6, 6.07) is 9.09. The number of esters is 1. The molecule has 1 aliphatic heterocycles. The molecule has 2 aromatic carbocycles. The summed E-state index contributed by atoms with van der Waals surface area (Å²) in [4.78, 5) is 24.5. The van der Waals surface area contributed by atoms with Gasteiger partial charge < -0.3 is 4.74 Å². The number of rotatable bonds is 5. The van der Waals surface area contributed by atoms with Gasteiger partial charge in [-0.25, -0.2) is 13.2 Å². The zero-order valence-electron chi connectivity index (χ0n) is 14.9. The van der Waals surface area contributed by atoms with Crippen molar-refractivity contribution in [1.82, 2.24) is 0 Å². The predicted molar refractivity (Wildman–Crippen MR) is 108 cm³/mol. The van der Waals surface area contributed by atoms with Crippen molar-refractivity contribution in [3.63, 3.8) is 0 Å². The third-order valence-electron chi connectivity index (χ3n) is 4.31. The van der Waals surface area contributed by atoms with E-state index in [0.29, 0.717) is 30.6 Å². The molecule has 9 heteroatoms. The number of carbonyl (C=O) groups is 2. The number of sulfonamides is 1. The van der Waals surface area contributed by atoms with Gasteiger partial charge in [0.15, 0.2) is 12.4 Å². The molecule has 0 saturated carbocycles. The van der Waals surface area contributed by atoms with Crippen molar-refractivity contribution in [3.8, 4) is 0 Å². The lowest BCUT2D eigenvalue weighted by atomic mass is 9.99. The SMILES string of the molecule is CS(=O)(=O)N1CCCc2cc(C(=O)COC(=O)c3cc(Cl)cc(Cl)c3)ccc21. The van der Waals surface area contributed by atoms with Gasteiger partial charge in [-0.3, -0.25) is 9.10 Å². The van der Waals surface area contributed by atoms with E-state index in [9.17, 15) is 18.0 Å². The highest BCUT2D eigenvalue weighted by Gasteiger charge is 2.25. The molecule has 3 rings (SSSR count). The highest BCUT2D eigenvalue weighted by molar-refractivity contribution is 7.92. The standard InChI is InChI=1S/C19H17Cl2NO5S/c1-28(25,26)22-6-2-3-12-7-13(4-5-17(12)22)18(23)11-27-19(24)14-8-15(20)10-16(21)9-14/h4-5,7-10H,2-3,6,11H2,1H3. The smallest absolute Gasteiger partial charge is 0.338 e. The van der Waals surface area contributed by atoms with Crippen LogP contribution in [0.4, 0.5) is 5.69 Å². The fraction of sp³-hybridized carbons (Fsp3) is 0.263. The molecular formula is C19H17Cl2NO5S. The summed E-state index contributed by atoms with van der Waals surface area (Å²) < 4.78 is 30.2. The van der Waals surface area contributed by atoms with Crippen LogP contribution in [0.1, 0.15) is 32.7 Å². The lowest BCUT2D eigenvalue weighted by Crippen LogP contribution is -2.34.